The topological polar surface area (TPSA) is 59.2 Å². The van der Waals surface area contributed by atoms with E-state index in [1.165, 1.54) is 0 Å². The molecule has 0 bridgehead atoms. The first-order chi connectivity index (χ1) is 13.4. The molecule has 28 heavy (non-hydrogen) atoms. The summed E-state index contributed by atoms with van der Waals surface area (Å²) in [6.07, 6.45) is 8.52. The van der Waals surface area contributed by atoms with Crippen molar-refractivity contribution in [3.05, 3.63) is 24.4 Å². The third-order valence-electron chi connectivity index (χ3n) is 6.38. The molecule has 0 aliphatic carbocycles. The zero-order chi connectivity index (χ0) is 19.9. The largest absolute Gasteiger partial charge is 0.343 e. The Balaban J connectivity index is 1.63. The zero-order valence-corrected chi connectivity index (χ0v) is 17.6. The summed E-state index contributed by atoms with van der Waals surface area (Å²) in [5.74, 6) is 1.87. The van der Waals surface area contributed by atoms with Crippen LogP contribution in [0.2, 0.25) is 0 Å². The fourth-order valence-corrected chi connectivity index (χ4v) is 4.94. The molecule has 0 N–H and O–H groups in total. The third-order valence-corrected chi connectivity index (χ3v) is 6.38. The van der Waals surface area contributed by atoms with Gasteiger partial charge < -0.3 is 9.47 Å². The van der Waals surface area contributed by atoms with E-state index >= 15 is 0 Å². The molecule has 7 heteroatoms. The molecule has 1 amide bonds. The number of imidazole rings is 1. The lowest BCUT2D eigenvalue weighted by molar-refractivity contribution is -0.135. The van der Waals surface area contributed by atoms with Crippen molar-refractivity contribution >= 4 is 5.91 Å². The first-order valence-corrected chi connectivity index (χ1v) is 10.5. The number of nitrogens with zero attached hydrogens (tertiary/aromatic N) is 6. The molecule has 1 spiro atoms. The summed E-state index contributed by atoms with van der Waals surface area (Å²) in [7, 11) is 1.95. The highest BCUT2D eigenvalue weighted by Gasteiger charge is 2.47. The van der Waals surface area contributed by atoms with Crippen LogP contribution in [0.1, 0.15) is 45.9 Å². The number of piperidine rings is 1. The molecule has 0 radical (unpaired) electrons. The lowest BCUT2D eigenvalue weighted by Gasteiger charge is -2.50. The van der Waals surface area contributed by atoms with Gasteiger partial charge in [0.15, 0.2) is 0 Å². The highest BCUT2D eigenvalue weighted by atomic mass is 16.2. The predicted octanol–water partition coefficient (Wildman–Crippen LogP) is 2.48. The predicted molar refractivity (Wildman–Crippen MR) is 109 cm³/mol. The molecule has 1 fully saturated rings. The van der Waals surface area contributed by atoms with Crippen molar-refractivity contribution < 1.29 is 4.79 Å². The number of fused-ring (bicyclic) bond motifs is 2. The van der Waals surface area contributed by atoms with Crippen LogP contribution in [-0.2, 0) is 23.9 Å². The van der Waals surface area contributed by atoms with Gasteiger partial charge in [-0.25, -0.2) is 4.98 Å². The molecule has 0 saturated carbocycles. The van der Waals surface area contributed by atoms with Gasteiger partial charge in [0.2, 0.25) is 5.91 Å². The van der Waals surface area contributed by atoms with Crippen LogP contribution < -0.4 is 0 Å². The number of likely N-dealkylation sites (N-methyl/N-ethyl adjacent to an activating group) is 1. The van der Waals surface area contributed by atoms with E-state index in [0.29, 0.717) is 18.2 Å². The highest BCUT2D eigenvalue weighted by molar-refractivity contribution is 5.76. The molecule has 4 rings (SSSR count). The van der Waals surface area contributed by atoms with Gasteiger partial charge >= 0.3 is 0 Å². The van der Waals surface area contributed by atoms with Gasteiger partial charge in [0.05, 0.1) is 23.6 Å². The van der Waals surface area contributed by atoms with Gasteiger partial charge in [-0.1, -0.05) is 20.8 Å². The number of amides is 1. The van der Waals surface area contributed by atoms with E-state index in [9.17, 15) is 4.79 Å². The normalized spacial score (nSPS) is 19.4. The second-order valence-electron chi connectivity index (χ2n) is 8.61. The number of carbonyl (C=O) groups is 1. The molecule has 0 aromatic carbocycles. The highest BCUT2D eigenvalue weighted by Crippen LogP contribution is 2.42. The fraction of sp³-hybridized carbons (Fsp3) is 0.667. The Morgan fingerprint density at radius 3 is 2.54 bits per heavy atom. The van der Waals surface area contributed by atoms with E-state index in [0.717, 1.165) is 62.6 Å². The molecule has 152 valence electrons. The van der Waals surface area contributed by atoms with Crippen molar-refractivity contribution in [3.63, 3.8) is 0 Å². The van der Waals surface area contributed by atoms with E-state index in [1.807, 2.05) is 24.1 Å². The first kappa shape index (κ1) is 19.2. The van der Waals surface area contributed by atoms with Gasteiger partial charge in [-0.3, -0.25) is 14.4 Å². The fourth-order valence-electron chi connectivity index (χ4n) is 4.94. The molecule has 2 aromatic rings. The maximum Gasteiger partial charge on any atom is 0.222 e. The summed E-state index contributed by atoms with van der Waals surface area (Å²) in [6, 6.07) is 0. The summed E-state index contributed by atoms with van der Waals surface area (Å²) >= 11 is 0. The van der Waals surface area contributed by atoms with Gasteiger partial charge in [-0.05, 0) is 25.3 Å². The minimum absolute atomic E-state index is 0.0674. The van der Waals surface area contributed by atoms with Gasteiger partial charge in [-0.2, -0.15) is 5.10 Å². The van der Waals surface area contributed by atoms with Crippen LogP contribution in [0.15, 0.2) is 18.6 Å². The number of hydrogen-bond donors (Lipinski definition) is 0. The van der Waals surface area contributed by atoms with Gasteiger partial charge in [-0.15, -0.1) is 0 Å². The Labute approximate surface area is 167 Å². The Bertz CT molecular complexity index is 843. The second-order valence-corrected chi connectivity index (χ2v) is 8.61. The number of carbonyl (C=O) groups excluding carboxylic acids is 1. The van der Waals surface area contributed by atoms with Crippen molar-refractivity contribution in [1.82, 2.24) is 29.1 Å². The molecule has 1 saturated heterocycles. The van der Waals surface area contributed by atoms with Crippen molar-refractivity contribution in [3.8, 4) is 11.3 Å². The average molecular weight is 385 g/mol. The standard InChI is InChI=1S/C21H32N6O/c1-5-26-10-11-27-18(17-13-23-24(4)15-17)14-22-20(27)21(26)6-8-25(9-7-21)19(28)12-16(2)3/h13-16H,5-12H2,1-4H3. The van der Waals surface area contributed by atoms with Crippen LogP contribution in [0.25, 0.3) is 11.3 Å². The Kier molecular flexibility index (Phi) is 5.04. The number of hydrogen-bond acceptors (Lipinski definition) is 4. The number of likely N-dealkylation sites (tertiary alicyclic amines) is 1. The first-order valence-electron chi connectivity index (χ1n) is 10.5. The summed E-state index contributed by atoms with van der Waals surface area (Å²) in [5, 5.41) is 4.33. The summed E-state index contributed by atoms with van der Waals surface area (Å²) < 4.78 is 4.22. The molecule has 2 aliphatic heterocycles. The Hall–Kier alpha value is -2.15. The Morgan fingerprint density at radius 2 is 1.93 bits per heavy atom. The molecule has 7 nitrogen and oxygen atoms in total. The quantitative estimate of drug-likeness (QED) is 0.813. The zero-order valence-electron chi connectivity index (χ0n) is 17.6. The van der Waals surface area contributed by atoms with Crippen molar-refractivity contribution in [2.24, 2.45) is 13.0 Å². The monoisotopic (exact) mass is 384 g/mol. The van der Waals surface area contributed by atoms with Crippen molar-refractivity contribution in [2.75, 3.05) is 26.2 Å². The minimum Gasteiger partial charge on any atom is -0.343 e. The lowest BCUT2D eigenvalue weighted by atomic mass is 9.83. The summed E-state index contributed by atoms with van der Waals surface area (Å²) in [5.41, 5.74) is 2.20. The van der Waals surface area contributed by atoms with Gasteiger partial charge in [0, 0.05) is 51.4 Å². The van der Waals surface area contributed by atoms with E-state index in [1.54, 1.807) is 0 Å². The van der Waals surface area contributed by atoms with Gasteiger partial charge in [0.25, 0.3) is 0 Å². The third kappa shape index (κ3) is 3.15. The van der Waals surface area contributed by atoms with Crippen LogP contribution in [0.5, 0.6) is 0 Å². The smallest absolute Gasteiger partial charge is 0.222 e. The molecular formula is C21H32N6O. The maximum absolute atomic E-state index is 12.6. The van der Waals surface area contributed by atoms with E-state index in [4.69, 9.17) is 4.98 Å². The number of rotatable bonds is 4. The molecule has 0 atom stereocenters. The van der Waals surface area contributed by atoms with E-state index in [-0.39, 0.29) is 5.54 Å². The molecule has 2 aliphatic rings. The average Bonchev–Trinajstić information content (AvgIpc) is 3.28. The van der Waals surface area contributed by atoms with Crippen LogP contribution in [0, 0.1) is 5.92 Å². The van der Waals surface area contributed by atoms with Crippen molar-refractivity contribution in [2.45, 2.75) is 52.1 Å². The van der Waals surface area contributed by atoms with Crippen LogP contribution in [0.3, 0.4) is 0 Å². The van der Waals surface area contributed by atoms with Crippen LogP contribution in [-0.4, -0.2) is 61.2 Å². The lowest BCUT2D eigenvalue weighted by Crippen LogP contribution is -2.58. The van der Waals surface area contributed by atoms with Gasteiger partial charge in [0.1, 0.15) is 5.82 Å². The second kappa shape index (κ2) is 7.35. The van der Waals surface area contributed by atoms with E-state index in [2.05, 4.69) is 46.4 Å². The number of aromatic nitrogens is 4. The summed E-state index contributed by atoms with van der Waals surface area (Å²) in [6.45, 7) is 11.1. The van der Waals surface area contributed by atoms with Crippen molar-refractivity contribution in [1.29, 1.82) is 0 Å². The summed E-state index contributed by atoms with van der Waals surface area (Å²) in [4.78, 5) is 22.1. The number of aryl methyl sites for hydroxylation is 1. The Morgan fingerprint density at radius 1 is 1.18 bits per heavy atom. The van der Waals surface area contributed by atoms with Crippen LogP contribution in [0.4, 0.5) is 0 Å². The molecular weight excluding hydrogens is 352 g/mol. The van der Waals surface area contributed by atoms with E-state index < -0.39 is 0 Å². The van der Waals surface area contributed by atoms with Crippen LogP contribution >= 0.6 is 0 Å². The molecule has 0 unspecified atom stereocenters. The SMILES string of the molecule is CCN1CCn2c(-c3cnn(C)c3)cnc2C12CCN(C(=O)CC(C)C)CC2. The molecule has 4 heterocycles. The molecule has 2 aromatic heterocycles. The maximum atomic E-state index is 12.6. The minimum atomic E-state index is -0.0674.